The molecule has 2 aromatic rings. The topological polar surface area (TPSA) is 63.2 Å². The minimum absolute atomic E-state index is 0.224. The van der Waals surface area contributed by atoms with E-state index in [1.165, 1.54) is 6.92 Å². The number of carbonyl (C=O) groups excluding carboxylic acids is 1. The van der Waals surface area contributed by atoms with Crippen molar-refractivity contribution in [2.75, 3.05) is 6.23 Å². The van der Waals surface area contributed by atoms with Gasteiger partial charge in [-0.3, -0.25) is 0 Å². The molecule has 0 saturated heterocycles. The van der Waals surface area contributed by atoms with Gasteiger partial charge in [0.25, 0.3) is 0 Å². The molecule has 0 N–H and O–H groups in total. The first-order valence-electron chi connectivity index (χ1n) is 6.84. The standard InChI is InChI=1S/C15H13O6Si/c1-11(16)17-10-22(18-12-6-2-3-7-13(12)19-22)20-14-8-4-5-9-15(14)21-22/h2-9H,10H2,1H3/q-1. The fraction of sp³-hybridized carbons (Fsp3) is 0.133. The molecule has 0 saturated carbocycles. The molecule has 0 aliphatic carbocycles. The molecule has 1 spiro atoms. The van der Waals surface area contributed by atoms with Gasteiger partial charge in [0.15, 0.2) is 0 Å². The molecule has 2 heterocycles. The van der Waals surface area contributed by atoms with Crippen molar-refractivity contribution >= 4 is 14.3 Å². The van der Waals surface area contributed by atoms with Crippen LogP contribution in [-0.2, 0) is 9.53 Å². The maximum absolute atomic E-state index is 11.3. The summed E-state index contributed by atoms with van der Waals surface area (Å²) in [6, 6.07) is 14.3. The molecule has 22 heavy (non-hydrogen) atoms. The summed E-state index contributed by atoms with van der Waals surface area (Å²) < 4.78 is 29.1. The van der Waals surface area contributed by atoms with Crippen LogP contribution in [0.3, 0.4) is 0 Å². The Balaban J connectivity index is 1.78. The maximum atomic E-state index is 11.3. The normalized spacial score (nSPS) is 20.1. The van der Waals surface area contributed by atoms with Gasteiger partial charge >= 0.3 is 126 Å². The summed E-state index contributed by atoms with van der Waals surface area (Å²) in [5.74, 6) is 1.58. The van der Waals surface area contributed by atoms with Gasteiger partial charge in [-0.25, -0.2) is 0 Å². The molecule has 0 amide bonds. The second-order valence-electron chi connectivity index (χ2n) is 5.16. The molecule has 2 aliphatic rings. The molecule has 4 rings (SSSR count). The fourth-order valence-corrected chi connectivity index (χ4v) is 5.85. The quantitative estimate of drug-likeness (QED) is 0.626. The summed E-state index contributed by atoms with van der Waals surface area (Å²) in [7, 11) is -4.42. The summed E-state index contributed by atoms with van der Waals surface area (Å²) in [5.41, 5.74) is 0. The van der Waals surface area contributed by atoms with Gasteiger partial charge in [0, 0.05) is 0 Å². The third kappa shape index (κ3) is 1.82. The molecule has 0 fully saturated rings. The third-order valence-electron chi connectivity index (χ3n) is 3.44. The van der Waals surface area contributed by atoms with Crippen molar-refractivity contribution in [1.82, 2.24) is 0 Å². The summed E-state index contributed by atoms with van der Waals surface area (Å²) in [5, 5.41) is 0. The molecule has 6 nitrogen and oxygen atoms in total. The molecule has 0 unspecified atom stereocenters. The molecular weight excluding hydrogens is 304 g/mol. The number of hydrogen-bond acceptors (Lipinski definition) is 6. The van der Waals surface area contributed by atoms with Crippen LogP contribution >= 0.6 is 0 Å². The Kier molecular flexibility index (Phi) is 2.47. The van der Waals surface area contributed by atoms with Gasteiger partial charge in [-0.05, 0) is 0 Å². The van der Waals surface area contributed by atoms with E-state index in [2.05, 4.69) is 0 Å². The molecule has 0 bridgehead atoms. The van der Waals surface area contributed by atoms with E-state index in [0.29, 0.717) is 23.0 Å². The summed E-state index contributed by atoms with van der Waals surface area (Å²) >= 11 is 0. The first kappa shape index (κ1) is 13.0. The second-order valence-corrected chi connectivity index (χ2v) is 8.42. The van der Waals surface area contributed by atoms with E-state index in [1.54, 1.807) is 24.3 Å². The van der Waals surface area contributed by atoms with Crippen molar-refractivity contribution in [3.05, 3.63) is 48.5 Å². The average molecular weight is 317 g/mol. The molecule has 2 aliphatic heterocycles. The Morgan fingerprint density at radius 3 is 1.55 bits per heavy atom. The van der Waals surface area contributed by atoms with Crippen molar-refractivity contribution in [1.29, 1.82) is 0 Å². The molecule has 0 radical (unpaired) electrons. The third-order valence-corrected chi connectivity index (χ3v) is 6.51. The number of esters is 1. The van der Waals surface area contributed by atoms with Gasteiger partial charge in [-0.15, -0.1) is 0 Å². The first-order chi connectivity index (χ1) is 10.6. The predicted octanol–water partition coefficient (Wildman–Crippen LogP) is 2.42. The average Bonchev–Trinajstić information content (AvgIpc) is 3.00. The molecular formula is C15H13O6Si-. The van der Waals surface area contributed by atoms with Crippen molar-refractivity contribution in [2.45, 2.75) is 6.92 Å². The number of benzene rings is 2. The number of rotatable bonds is 2. The van der Waals surface area contributed by atoms with E-state index in [0.717, 1.165) is 0 Å². The van der Waals surface area contributed by atoms with E-state index in [4.69, 9.17) is 22.4 Å². The Morgan fingerprint density at radius 1 is 0.864 bits per heavy atom. The van der Waals surface area contributed by atoms with Crippen molar-refractivity contribution in [3.8, 4) is 23.0 Å². The van der Waals surface area contributed by atoms with Crippen LogP contribution in [0.2, 0.25) is 0 Å². The van der Waals surface area contributed by atoms with Gasteiger partial charge in [-0.1, -0.05) is 0 Å². The van der Waals surface area contributed by atoms with Crippen LogP contribution in [0, 0.1) is 0 Å². The number of carbonyl (C=O) groups is 1. The van der Waals surface area contributed by atoms with Gasteiger partial charge in [-0.2, -0.15) is 0 Å². The zero-order valence-electron chi connectivity index (χ0n) is 11.8. The molecule has 0 aromatic heterocycles. The zero-order chi connectivity index (χ0) is 15.2. The van der Waals surface area contributed by atoms with E-state index >= 15 is 0 Å². The Morgan fingerprint density at radius 2 is 1.23 bits per heavy atom. The van der Waals surface area contributed by atoms with E-state index in [1.807, 2.05) is 24.3 Å². The Bertz CT molecular complexity index is 661. The van der Waals surface area contributed by atoms with Crippen molar-refractivity contribution in [3.63, 3.8) is 0 Å². The minimum atomic E-state index is -4.42. The fourth-order valence-electron chi connectivity index (χ4n) is 2.55. The molecule has 114 valence electrons. The number of para-hydroxylation sites is 4. The number of hydrogen-bond donors (Lipinski definition) is 0. The van der Waals surface area contributed by atoms with Crippen LogP contribution in [0.5, 0.6) is 23.0 Å². The monoisotopic (exact) mass is 317 g/mol. The van der Waals surface area contributed by atoms with Crippen LogP contribution in [0.25, 0.3) is 0 Å². The molecule has 7 heteroatoms. The van der Waals surface area contributed by atoms with Crippen LogP contribution in [0.1, 0.15) is 6.92 Å². The van der Waals surface area contributed by atoms with Crippen molar-refractivity contribution < 1.29 is 27.2 Å². The SMILES string of the molecule is CC(=O)OC[Si-]12(Oc3ccccc3O1)Oc1ccccc1O2. The number of ether oxygens (including phenoxy) is 1. The van der Waals surface area contributed by atoms with Crippen molar-refractivity contribution in [2.24, 2.45) is 0 Å². The Hall–Kier alpha value is -2.67. The summed E-state index contributed by atoms with van der Waals surface area (Å²) in [6.07, 6.45) is -0.224. The summed E-state index contributed by atoms with van der Waals surface area (Å²) in [4.78, 5) is 11.3. The zero-order valence-corrected chi connectivity index (χ0v) is 12.8. The van der Waals surface area contributed by atoms with Gasteiger partial charge in [0.1, 0.15) is 0 Å². The molecule has 0 atom stereocenters. The number of fused-ring (bicyclic) bond motifs is 2. The Labute approximate surface area is 127 Å². The van der Waals surface area contributed by atoms with Gasteiger partial charge in [0.2, 0.25) is 0 Å². The first-order valence-corrected chi connectivity index (χ1v) is 9.18. The predicted molar refractivity (Wildman–Crippen MR) is 77.8 cm³/mol. The van der Waals surface area contributed by atoms with Crippen LogP contribution < -0.4 is 17.7 Å². The van der Waals surface area contributed by atoms with E-state index < -0.39 is 14.3 Å². The van der Waals surface area contributed by atoms with E-state index in [-0.39, 0.29) is 6.23 Å². The summed E-state index contributed by atoms with van der Waals surface area (Å²) in [6.45, 7) is 1.31. The van der Waals surface area contributed by atoms with Crippen LogP contribution in [-0.4, -0.2) is 20.5 Å². The van der Waals surface area contributed by atoms with Gasteiger partial charge < -0.3 is 0 Å². The van der Waals surface area contributed by atoms with Crippen LogP contribution in [0.4, 0.5) is 0 Å². The van der Waals surface area contributed by atoms with E-state index in [9.17, 15) is 4.79 Å². The van der Waals surface area contributed by atoms with Crippen LogP contribution in [0.15, 0.2) is 48.5 Å². The second kappa shape index (κ2) is 4.17. The van der Waals surface area contributed by atoms with Gasteiger partial charge in [0.05, 0.1) is 0 Å². The molecule has 2 aromatic carbocycles.